The molecule has 17 atom stereocenters. The van der Waals surface area contributed by atoms with Crippen LogP contribution in [0.15, 0.2) is 243 Å². The van der Waals surface area contributed by atoms with Crippen LogP contribution in [0.5, 0.6) is 0 Å². The van der Waals surface area contributed by atoms with E-state index >= 15 is 0 Å². The molecule has 0 bridgehead atoms. The average Bonchev–Trinajstić information content (AvgIpc) is 1.44. The molecule has 6 saturated heterocycles. The van der Waals surface area contributed by atoms with Crippen LogP contribution in [0.3, 0.4) is 0 Å². The molecule has 2 N–H and O–H groups in total. The fourth-order valence-corrected chi connectivity index (χ4v) is 39.0. The first-order valence-electron chi connectivity index (χ1n) is 45.7. The van der Waals surface area contributed by atoms with Gasteiger partial charge in [-0.25, -0.2) is 0 Å². The molecule has 6 fully saturated rings. The van der Waals surface area contributed by atoms with Gasteiger partial charge in [0, 0.05) is 25.7 Å². The van der Waals surface area contributed by atoms with Crippen molar-refractivity contribution in [1.29, 1.82) is 0 Å². The molecule has 6 aliphatic rings. The van der Waals surface area contributed by atoms with Crippen LogP contribution < -0.4 is 105 Å². The van der Waals surface area contributed by atoms with E-state index in [1.54, 1.807) is 0 Å². The molecule has 0 amide bonds. The van der Waals surface area contributed by atoms with Crippen LogP contribution in [0, 0.1) is 10.8 Å². The van der Waals surface area contributed by atoms with Gasteiger partial charge in [-0.3, -0.25) is 23.3 Å². The number of carbonyl (C=O) groups excluding carboxylic acids is 3. The number of aldehydes is 1. The Morgan fingerprint density at radius 2 is 0.600 bits per heavy atom. The molecule has 27 heteroatoms. The molecule has 8 aromatic rings. The van der Waals surface area contributed by atoms with E-state index in [1.807, 2.05) is 77.9 Å². The Morgan fingerprint density at radius 3 is 0.831 bits per heavy atom. The molecule has 21 nitrogen and oxygen atoms in total. The zero-order chi connectivity index (χ0) is 93.3. The Kier molecular flexibility index (Phi) is 35.3. The van der Waals surface area contributed by atoms with Crippen LogP contribution in [0.25, 0.3) is 0 Å². The second-order valence-corrected chi connectivity index (χ2v) is 60.5. The van der Waals surface area contributed by atoms with Gasteiger partial charge in [0.2, 0.25) is 0 Å². The normalized spacial score (nSPS) is 25.3. The Bertz CT molecular complexity index is 4680. The van der Waals surface area contributed by atoms with Gasteiger partial charge in [0.05, 0.1) is 73.4 Å². The summed E-state index contributed by atoms with van der Waals surface area (Å²) in [6, 6.07) is 84.7. The van der Waals surface area contributed by atoms with Gasteiger partial charge in [-0.1, -0.05) is 326 Å². The molecule has 2 unspecified atom stereocenters. The van der Waals surface area contributed by atoms with Gasteiger partial charge in [-0.2, -0.15) is 0 Å². The van der Waals surface area contributed by atoms with Crippen LogP contribution in [-0.2, 0) is 70.0 Å². The third kappa shape index (κ3) is 23.4. The third-order valence-electron chi connectivity index (χ3n) is 26.2. The quantitative estimate of drug-likeness (QED) is 0.0322. The molecule has 0 saturated carbocycles. The summed E-state index contributed by atoms with van der Waals surface area (Å²) < 4.78 is 121. The van der Waals surface area contributed by atoms with Gasteiger partial charge in [-0.15, -0.1) is 0 Å². The van der Waals surface area contributed by atoms with Crippen molar-refractivity contribution in [2.24, 2.45) is 10.8 Å². The van der Waals surface area contributed by atoms with E-state index in [1.165, 1.54) is 0 Å². The number of benzene rings is 8. The molecule has 8 aromatic carbocycles. The molecule has 0 radical (unpaired) electrons. The van der Waals surface area contributed by atoms with Crippen molar-refractivity contribution < 1.29 is 144 Å². The predicted octanol–water partition coefficient (Wildman–Crippen LogP) is 3.46. The number of hydrogen-bond donors (Lipinski definition) is 2. The number of fused-ring (bicyclic) bond motifs is 4. The second kappa shape index (κ2) is 43.8. The number of hydrogen-bond acceptors (Lipinski definition) is 21. The first-order valence-corrected chi connectivity index (χ1v) is 56.8. The number of aliphatic hydroxyl groups is 2. The molecule has 0 aromatic heterocycles. The summed E-state index contributed by atoms with van der Waals surface area (Å²) in [6.45, 7) is 38.5. The van der Waals surface area contributed by atoms with Crippen LogP contribution in [-0.4, -0.2) is 185 Å². The monoisotopic (exact) mass is 1970 g/mol. The Morgan fingerprint density at radius 1 is 0.369 bits per heavy atom. The summed E-state index contributed by atoms with van der Waals surface area (Å²) in [4.78, 5) is 38.2. The number of rotatable bonds is 27. The van der Waals surface area contributed by atoms with Crippen molar-refractivity contribution in [3.63, 3.8) is 0 Å². The van der Waals surface area contributed by atoms with Crippen molar-refractivity contribution in [2.75, 3.05) is 19.8 Å². The molecule has 698 valence electrons. The number of esters is 2. The van der Waals surface area contributed by atoms with E-state index in [4.69, 9.17) is 69.3 Å². The van der Waals surface area contributed by atoms with Crippen molar-refractivity contribution in [3.05, 3.63) is 243 Å². The minimum atomic E-state index is -5.94. The summed E-state index contributed by atoms with van der Waals surface area (Å²) >= 11 is -5.94. The van der Waals surface area contributed by atoms with E-state index in [9.17, 15) is 24.6 Å². The Balaban J connectivity index is 0.000000237. The SMILES string of the molecule is CC(C)(C)C(=O)OCCC1CC[C@@H]2O[C@@H]3[C@@H](O[C@H](CC=O)[C@@H]3O[Si](c3ccccc3)(c3ccccc3)C(C)(C)C)[C@@H](O[Si](c3ccccc3)(c3ccccc3)C(C)(C)C)[C@H]2O1.CC(C)(C)C(=O)OCCC1CC[C@@H]2O[C@@H]3[C@@H](O[C@H](C[C@@H](O)CO)[C@@H]3O[Si](c3ccccc3)(c3ccccc3)C(C)(C)C)[C@@H](O[Si](c3ccccc3)(c3ccccc3)C(C)(C)C)[C@H]2O1.[Na+].[O-][I+3]([O-])([O-])[O-]. The second-order valence-electron chi connectivity index (χ2n) is 41.3. The largest absolute Gasteiger partial charge is 1.00 e. The molecule has 6 aliphatic heterocycles. The zero-order valence-corrected chi connectivity index (χ0v) is 87.5. The fraction of sp³-hybridized carbons (Fsp3) is 0.505. The van der Waals surface area contributed by atoms with E-state index in [0.29, 0.717) is 25.7 Å². The van der Waals surface area contributed by atoms with Gasteiger partial charge in [-0.05, 0) is 129 Å². The van der Waals surface area contributed by atoms with Gasteiger partial charge in [0.1, 0.15) is 87.4 Å². The third-order valence-corrected chi connectivity index (χ3v) is 46.3. The minimum absolute atomic E-state index is 0. The average molecular weight is 1970 g/mol. The van der Waals surface area contributed by atoms with Crippen LogP contribution >= 0.6 is 0 Å². The summed E-state index contributed by atoms with van der Waals surface area (Å²) in [5.74, 6) is -0.472. The zero-order valence-electron chi connectivity index (χ0n) is 79.3. The molecule has 130 heavy (non-hydrogen) atoms. The Labute approximate surface area is 803 Å². The number of ether oxygens (including phenoxy) is 8. The van der Waals surface area contributed by atoms with Gasteiger partial charge in [0.25, 0.3) is 33.3 Å². The summed E-state index contributed by atoms with van der Waals surface area (Å²) in [5, 5.41) is 29.3. The number of carbonyl (C=O) groups is 3. The fourth-order valence-electron chi connectivity index (χ4n) is 20.2. The molecule has 0 aliphatic carbocycles. The van der Waals surface area contributed by atoms with Crippen LogP contribution in [0.1, 0.15) is 176 Å². The molecular formula is C103H136INaO21Si4. The van der Waals surface area contributed by atoms with Crippen molar-refractivity contribution in [3.8, 4) is 0 Å². The maximum atomic E-state index is 12.8. The maximum absolute atomic E-state index is 12.8. The Hall–Kier alpha value is -5.67. The molecule has 6 heterocycles. The summed E-state index contributed by atoms with van der Waals surface area (Å²) in [5.41, 5.74) is -1.20. The van der Waals surface area contributed by atoms with E-state index in [2.05, 4.69) is 289 Å². The summed E-state index contributed by atoms with van der Waals surface area (Å²) in [6.07, 6.45) is -4.07. The smallest absolute Gasteiger partial charge is 0.465 e. The van der Waals surface area contributed by atoms with Gasteiger partial charge < -0.3 is 70.6 Å². The first kappa shape index (κ1) is 105. The summed E-state index contributed by atoms with van der Waals surface area (Å²) in [7, 11) is -12.8. The first-order chi connectivity index (χ1) is 60.9. The van der Waals surface area contributed by atoms with E-state index in [-0.39, 0.29) is 112 Å². The minimum Gasteiger partial charge on any atom is -0.465 e. The van der Waals surface area contributed by atoms with Crippen molar-refractivity contribution in [2.45, 2.75) is 300 Å². The maximum Gasteiger partial charge on any atom is 1.00 e. The molecule has 14 rings (SSSR count). The van der Waals surface area contributed by atoms with Gasteiger partial charge in [0.15, 0.2) is 0 Å². The standard InChI is InChI=1S/C52H70O9Si2.C51H66O8Si2.IO4.Na/c1-50(2,3)49(55)56-33-32-37-30-31-42-44(57-37)48(61-63(52(7,8)9,40-26-18-12-19-27-40)41-28-20-13-21-29-41)47-46(58-42)45(43(59-47)34-36(54)35-53)60-62(51(4,5)6,38-22-14-10-15-23-38)39-24-16-11-17-25-39;1-49(2,3)48(53)54-35-33-36-30-31-41-43(55-36)47(59-61(51(7,8)9,39-26-18-12-19-27-39)40-28-20-13-21-29-40)46-45(56-41)44(42(57-46)32-34-52)58-60(50(4,5)6,37-22-14-10-15-23-37)38-24-16-11-17-25-38;2-1(3,4)5;/h10-29,36-37,42-48,53-54H,30-35H2,1-9H3;10-29,34,36,41-47H,30-33,35H2,1-9H3;;/q;;-1;+1/t36-,37?,42+,43-,44+,45+,46+,47-,48+;36?,41-,42+,43-,44-,45-,46+,47-;;/m10../s1. The van der Waals surface area contributed by atoms with Crippen molar-refractivity contribution in [1.82, 2.24) is 0 Å². The van der Waals surface area contributed by atoms with E-state index in [0.717, 1.165) is 60.6 Å². The number of halogens is 1. The van der Waals surface area contributed by atoms with Gasteiger partial charge >= 0.3 is 41.5 Å². The predicted molar refractivity (Wildman–Crippen MR) is 499 cm³/mol. The van der Waals surface area contributed by atoms with E-state index < -0.39 is 150 Å². The van der Waals surface area contributed by atoms with Crippen LogP contribution in [0.4, 0.5) is 0 Å². The topological polar surface area (TPSA) is 295 Å². The molecule has 0 spiro atoms. The number of aliphatic hydroxyl groups excluding tert-OH is 2. The molecular weight excluding hydrogens is 1840 g/mol. The van der Waals surface area contributed by atoms with Crippen molar-refractivity contribution >= 4 is 93.0 Å². The van der Waals surface area contributed by atoms with Crippen LogP contribution in [0.2, 0.25) is 20.2 Å².